The average Bonchev–Trinajstić information content (AvgIpc) is 2.62. The van der Waals surface area contributed by atoms with Gasteiger partial charge >= 0.3 is 5.97 Å². The Morgan fingerprint density at radius 3 is 3.00 bits per heavy atom. The summed E-state index contributed by atoms with van der Waals surface area (Å²) in [5.41, 5.74) is 0.883. The molecule has 0 aromatic carbocycles. The highest BCUT2D eigenvalue weighted by Gasteiger charge is 2.11. The van der Waals surface area contributed by atoms with Crippen molar-refractivity contribution in [3.8, 4) is 0 Å². The lowest BCUT2D eigenvalue weighted by atomic mass is 10.3. The number of fused-ring (bicyclic) bond motifs is 1. The molecule has 0 radical (unpaired) electrons. The highest BCUT2D eigenvalue weighted by atomic mass is 16.5. The molecule has 0 aliphatic rings. The Bertz CT molecular complexity index is 490. The summed E-state index contributed by atoms with van der Waals surface area (Å²) < 4.78 is 5.03. The summed E-state index contributed by atoms with van der Waals surface area (Å²) in [6, 6.07) is 3.41. The third kappa shape index (κ3) is 1.96. The molecule has 0 aliphatic carbocycles. The van der Waals surface area contributed by atoms with Crippen LogP contribution in [-0.4, -0.2) is 27.3 Å². The van der Waals surface area contributed by atoms with Crippen LogP contribution in [0.5, 0.6) is 0 Å². The van der Waals surface area contributed by atoms with E-state index in [2.05, 4.69) is 15.2 Å². The van der Waals surface area contributed by atoms with Crippen molar-refractivity contribution in [2.75, 3.05) is 0 Å². The van der Waals surface area contributed by atoms with Gasteiger partial charge in [0.15, 0.2) is 11.3 Å². The molecular formula is C10H11N3O2. The Morgan fingerprint density at radius 2 is 2.27 bits per heavy atom. The maximum Gasteiger partial charge on any atom is 0.357 e. The zero-order chi connectivity index (χ0) is 10.8. The van der Waals surface area contributed by atoms with Crippen LogP contribution < -0.4 is 0 Å². The smallest absolute Gasteiger partial charge is 0.357 e. The number of carbonyl (C=O) groups excluding carboxylic acids is 1. The van der Waals surface area contributed by atoms with Gasteiger partial charge in [-0.15, -0.1) is 0 Å². The van der Waals surface area contributed by atoms with Crippen molar-refractivity contribution < 1.29 is 9.53 Å². The maximum atomic E-state index is 11.5. The maximum absolute atomic E-state index is 11.5. The van der Waals surface area contributed by atoms with E-state index in [-0.39, 0.29) is 6.10 Å². The third-order valence-corrected chi connectivity index (χ3v) is 1.85. The SMILES string of the molecule is CC(C)OC(=O)c1ccc2cn[nH]c2n1. The van der Waals surface area contributed by atoms with Gasteiger partial charge in [-0.1, -0.05) is 0 Å². The number of aromatic nitrogens is 3. The fraction of sp³-hybridized carbons (Fsp3) is 0.300. The summed E-state index contributed by atoms with van der Waals surface area (Å²) in [4.78, 5) is 15.6. The number of hydrogen-bond acceptors (Lipinski definition) is 4. The molecule has 2 rings (SSSR count). The third-order valence-electron chi connectivity index (χ3n) is 1.85. The zero-order valence-corrected chi connectivity index (χ0v) is 8.52. The molecular weight excluding hydrogens is 194 g/mol. The normalized spacial score (nSPS) is 10.9. The van der Waals surface area contributed by atoms with Crippen LogP contribution in [0.4, 0.5) is 0 Å². The molecule has 2 aromatic heterocycles. The van der Waals surface area contributed by atoms with Gasteiger partial charge in [-0.3, -0.25) is 5.10 Å². The van der Waals surface area contributed by atoms with Crippen molar-refractivity contribution in [1.82, 2.24) is 15.2 Å². The lowest BCUT2D eigenvalue weighted by Crippen LogP contribution is -2.12. The van der Waals surface area contributed by atoms with Crippen molar-refractivity contribution in [3.63, 3.8) is 0 Å². The average molecular weight is 205 g/mol. The Kier molecular flexibility index (Phi) is 2.37. The van der Waals surface area contributed by atoms with Gasteiger partial charge in [-0.05, 0) is 26.0 Å². The lowest BCUT2D eigenvalue weighted by molar-refractivity contribution is 0.0371. The van der Waals surface area contributed by atoms with Crippen LogP contribution in [0.1, 0.15) is 24.3 Å². The first-order chi connectivity index (χ1) is 7.16. The predicted octanol–water partition coefficient (Wildman–Crippen LogP) is 1.52. The monoisotopic (exact) mass is 205 g/mol. The molecule has 15 heavy (non-hydrogen) atoms. The summed E-state index contributed by atoms with van der Waals surface area (Å²) in [5, 5.41) is 7.39. The predicted molar refractivity (Wildman–Crippen MR) is 54.4 cm³/mol. The Hall–Kier alpha value is -1.91. The van der Waals surface area contributed by atoms with Gasteiger partial charge in [-0.25, -0.2) is 9.78 Å². The lowest BCUT2D eigenvalue weighted by Gasteiger charge is -2.06. The van der Waals surface area contributed by atoms with Crippen molar-refractivity contribution in [1.29, 1.82) is 0 Å². The van der Waals surface area contributed by atoms with Crippen LogP contribution in [0.15, 0.2) is 18.3 Å². The number of H-pyrrole nitrogens is 1. The van der Waals surface area contributed by atoms with Crippen molar-refractivity contribution in [2.24, 2.45) is 0 Å². The van der Waals surface area contributed by atoms with Crippen LogP contribution >= 0.6 is 0 Å². The van der Waals surface area contributed by atoms with Gasteiger partial charge in [0.05, 0.1) is 12.3 Å². The molecule has 5 nitrogen and oxygen atoms in total. The molecule has 2 aromatic rings. The van der Waals surface area contributed by atoms with Gasteiger partial charge in [-0.2, -0.15) is 5.10 Å². The summed E-state index contributed by atoms with van der Waals surface area (Å²) in [6.07, 6.45) is 1.51. The number of nitrogens with zero attached hydrogens (tertiary/aromatic N) is 2. The molecule has 5 heteroatoms. The van der Waals surface area contributed by atoms with Crippen LogP contribution in [0.2, 0.25) is 0 Å². The molecule has 0 amide bonds. The topological polar surface area (TPSA) is 67.9 Å². The van der Waals surface area contributed by atoms with E-state index in [0.717, 1.165) is 5.39 Å². The second kappa shape index (κ2) is 3.68. The molecule has 0 saturated heterocycles. The van der Waals surface area contributed by atoms with E-state index in [9.17, 15) is 4.79 Å². The number of rotatable bonds is 2. The number of ether oxygens (including phenoxy) is 1. The van der Waals surface area contributed by atoms with Gasteiger partial charge < -0.3 is 4.74 Å². The van der Waals surface area contributed by atoms with Gasteiger partial charge in [0.25, 0.3) is 0 Å². The minimum Gasteiger partial charge on any atom is -0.458 e. The Morgan fingerprint density at radius 1 is 1.47 bits per heavy atom. The Labute approximate surface area is 86.5 Å². The fourth-order valence-corrected chi connectivity index (χ4v) is 1.21. The molecule has 0 bridgehead atoms. The van der Waals surface area contributed by atoms with Crippen molar-refractivity contribution >= 4 is 17.0 Å². The van der Waals surface area contributed by atoms with Crippen molar-refractivity contribution in [3.05, 3.63) is 24.0 Å². The minimum absolute atomic E-state index is 0.142. The molecule has 2 heterocycles. The molecule has 1 N–H and O–H groups in total. The molecule has 78 valence electrons. The molecule has 0 saturated carbocycles. The summed E-state index contributed by atoms with van der Waals surface area (Å²) in [7, 11) is 0. The van der Waals surface area contributed by atoms with Crippen LogP contribution in [0.25, 0.3) is 11.0 Å². The first kappa shape index (κ1) is 9.64. The number of esters is 1. The van der Waals surface area contributed by atoms with E-state index in [0.29, 0.717) is 11.3 Å². The first-order valence-electron chi connectivity index (χ1n) is 4.68. The summed E-state index contributed by atoms with van der Waals surface area (Å²) >= 11 is 0. The van der Waals surface area contributed by atoms with Crippen LogP contribution in [0.3, 0.4) is 0 Å². The zero-order valence-electron chi connectivity index (χ0n) is 8.52. The van der Waals surface area contributed by atoms with Gasteiger partial charge in [0.1, 0.15) is 0 Å². The first-order valence-corrected chi connectivity index (χ1v) is 4.68. The van der Waals surface area contributed by atoms with E-state index in [4.69, 9.17) is 4.74 Å². The van der Waals surface area contributed by atoms with Crippen LogP contribution in [0, 0.1) is 0 Å². The molecule has 0 spiro atoms. The fourth-order valence-electron chi connectivity index (χ4n) is 1.21. The molecule has 0 unspecified atom stereocenters. The van der Waals surface area contributed by atoms with Gasteiger partial charge in [0, 0.05) is 5.39 Å². The Balaban J connectivity index is 2.31. The molecule has 0 atom stereocenters. The highest BCUT2D eigenvalue weighted by molar-refractivity contribution is 5.90. The van der Waals surface area contributed by atoms with Gasteiger partial charge in [0.2, 0.25) is 0 Å². The molecule has 0 fully saturated rings. The molecule has 0 aliphatic heterocycles. The second-order valence-electron chi connectivity index (χ2n) is 3.46. The standard InChI is InChI=1S/C10H11N3O2/c1-6(2)15-10(14)8-4-3-7-5-11-13-9(7)12-8/h3-6H,1-2H3,(H,11,12,13). The van der Waals surface area contributed by atoms with E-state index in [1.165, 1.54) is 0 Å². The van der Waals surface area contributed by atoms with Crippen LogP contribution in [-0.2, 0) is 4.74 Å². The second-order valence-corrected chi connectivity index (χ2v) is 3.46. The number of hydrogen-bond donors (Lipinski definition) is 1. The van der Waals surface area contributed by atoms with E-state index in [1.807, 2.05) is 0 Å². The number of pyridine rings is 1. The number of nitrogens with one attached hydrogen (secondary N) is 1. The highest BCUT2D eigenvalue weighted by Crippen LogP contribution is 2.09. The minimum atomic E-state index is -0.415. The van der Waals surface area contributed by atoms with E-state index in [1.54, 1.807) is 32.2 Å². The quantitative estimate of drug-likeness (QED) is 0.755. The van der Waals surface area contributed by atoms with E-state index >= 15 is 0 Å². The van der Waals surface area contributed by atoms with Crippen molar-refractivity contribution in [2.45, 2.75) is 20.0 Å². The van der Waals surface area contributed by atoms with E-state index < -0.39 is 5.97 Å². The number of carbonyl (C=O) groups is 1. The summed E-state index contributed by atoms with van der Waals surface area (Å²) in [5.74, 6) is -0.415. The summed E-state index contributed by atoms with van der Waals surface area (Å²) in [6.45, 7) is 3.60. The largest absolute Gasteiger partial charge is 0.458 e. The number of aromatic amines is 1.